The molecule has 1 heterocycles. The third-order valence-corrected chi connectivity index (χ3v) is 3.50. The molecular weight excluding hydrogens is 140 g/mol. The molecule has 2 bridgehead atoms. The highest BCUT2D eigenvalue weighted by molar-refractivity contribution is 5.19. The molecule has 0 amide bonds. The summed E-state index contributed by atoms with van der Waals surface area (Å²) >= 11 is 0. The highest BCUT2D eigenvalue weighted by Gasteiger charge is 2.53. The van der Waals surface area contributed by atoms with E-state index in [1.807, 2.05) is 0 Å². The van der Waals surface area contributed by atoms with Gasteiger partial charge in [0.1, 0.15) is 0 Å². The van der Waals surface area contributed by atoms with Crippen LogP contribution in [0.15, 0.2) is 12.2 Å². The van der Waals surface area contributed by atoms with E-state index < -0.39 is 0 Å². The lowest BCUT2D eigenvalue weighted by atomic mass is 9.86. The van der Waals surface area contributed by atoms with E-state index in [-0.39, 0.29) is 6.10 Å². The third kappa shape index (κ3) is 0.603. The Balaban J connectivity index is 1.99. The average molecular weight is 152 g/mol. The summed E-state index contributed by atoms with van der Waals surface area (Å²) in [6.45, 7) is 1.74. The Hall–Kier alpha value is -0.340. The maximum absolute atomic E-state index is 9.72. The van der Waals surface area contributed by atoms with Crippen molar-refractivity contribution in [3.05, 3.63) is 12.2 Å². The molecule has 1 N–H and O–H groups in total. The zero-order valence-electron chi connectivity index (χ0n) is 6.31. The van der Waals surface area contributed by atoms with Gasteiger partial charge in [-0.05, 0) is 11.8 Å². The Morgan fingerprint density at radius 3 is 2.18 bits per heavy atom. The highest BCUT2D eigenvalue weighted by Crippen LogP contribution is 2.50. The minimum Gasteiger partial charge on any atom is -0.392 e. The van der Waals surface area contributed by atoms with Crippen molar-refractivity contribution in [3.8, 4) is 0 Å². The van der Waals surface area contributed by atoms with E-state index in [0.29, 0.717) is 23.7 Å². The lowest BCUT2D eigenvalue weighted by Crippen LogP contribution is -2.17. The predicted molar refractivity (Wildman–Crippen MR) is 39.9 cm³/mol. The number of fused-ring (bicyclic) bond motifs is 5. The lowest BCUT2D eigenvalue weighted by Gasteiger charge is -2.15. The van der Waals surface area contributed by atoms with Crippen molar-refractivity contribution >= 4 is 0 Å². The van der Waals surface area contributed by atoms with Gasteiger partial charge in [0.05, 0.1) is 19.3 Å². The SMILES string of the molecule is OC1[C@H]2C=C[C@@H]1[C@@H]1COC[C@@H]12. The summed E-state index contributed by atoms with van der Waals surface area (Å²) in [5.41, 5.74) is 0. The second-order valence-corrected chi connectivity index (χ2v) is 3.90. The normalized spacial score (nSPS) is 58.8. The summed E-state index contributed by atoms with van der Waals surface area (Å²) in [4.78, 5) is 0. The van der Waals surface area contributed by atoms with Crippen molar-refractivity contribution in [1.82, 2.24) is 0 Å². The van der Waals surface area contributed by atoms with Crippen molar-refractivity contribution < 1.29 is 9.84 Å². The van der Waals surface area contributed by atoms with Crippen LogP contribution in [0.2, 0.25) is 0 Å². The Morgan fingerprint density at radius 1 is 1.09 bits per heavy atom. The molecule has 60 valence electrons. The third-order valence-electron chi connectivity index (χ3n) is 3.50. The van der Waals surface area contributed by atoms with Crippen LogP contribution in [0, 0.1) is 23.7 Å². The van der Waals surface area contributed by atoms with E-state index in [1.54, 1.807) is 0 Å². The molecule has 3 rings (SSSR count). The molecule has 2 aliphatic carbocycles. The first kappa shape index (κ1) is 6.21. The number of aliphatic hydroxyl groups excluding tert-OH is 1. The van der Waals surface area contributed by atoms with Gasteiger partial charge in [-0.25, -0.2) is 0 Å². The number of aliphatic hydroxyl groups is 1. The molecule has 0 aromatic heterocycles. The van der Waals surface area contributed by atoms with Gasteiger partial charge < -0.3 is 9.84 Å². The fourth-order valence-corrected chi connectivity index (χ4v) is 2.91. The standard InChI is InChI=1S/C9H12O2/c10-9-5-1-2-6(9)8-4-11-3-7(5)8/h1-2,5-10H,3-4H2/t5-,6+,7+,8-,9?. The smallest absolute Gasteiger partial charge is 0.0672 e. The molecule has 0 aromatic rings. The molecule has 0 radical (unpaired) electrons. The molecule has 1 aliphatic heterocycles. The maximum atomic E-state index is 9.72. The van der Waals surface area contributed by atoms with E-state index >= 15 is 0 Å². The second-order valence-electron chi connectivity index (χ2n) is 3.90. The molecule has 5 atom stereocenters. The molecule has 2 heteroatoms. The molecule has 2 fully saturated rings. The number of rotatable bonds is 0. The van der Waals surface area contributed by atoms with Crippen LogP contribution in [0.4, 0.5) is 0 Å². The summed E-state index contributed by atoms with van der Waals surface area (Å²) in [5.74, 6) is 2.07. The molecule has 1 unspecified atom stereocenters. The fraction of sp³-hybridized carbons (Fsp3) is 0.778. The Bertz CT molecular complexity index is 192. The first-order valence-electron chi connectivity index (χ1n) is 4.32. The van der Waals surface area contributed by atoms with Crippen LogP contribution in [0.1, 0.15) is 0 Å². The van der Waals surface area contributed by atoms with Crippen LogP contribution in [0.5, 0.6) is 0 Å². The Kier molecular flexibility index (Phi) is 1.06. The molecule has 0 spiro atoms. The Labute approximate surface area is 65.9 Å². The highest BCUT2D eigenvalue weighted by atomic mass is 16.5. The van der Waals surface area contributed by atoms with E-state index in [4.69, 9.17) is 4.74 Å². The topological polar surface area (TPSA) is 29.5 Å². The predicted octanol–water partition coefficient (Wildman–Crippen LogP) is 0.426. The largest absolute Gasteiger partial charge is 0.392 e. The first-order chi connectivity index (χ1) is 5.38. The second kappa shape index (κ2) is 1.87. The van der Waals surface area contributed by atoms with Crippen molar-refractivity contribution in [2.75, 3.05) is 13.2 Å². The minimum absolute atomic E-state index is 0.0890. The van der Waals surface area contributed by atoms with Gasteiger partial charge >= 0.3 is 0 Å². The van der Waals surface area contributed by atoms with Gasteiger partial charge in [0.15, 0.2) is 0 Å². The molecule has 0 aromatic carbocycles. The first-order valence-corrected chi connectivity index (χ1v) is 4.32. The van der Waals surface area contributed by atoms with Gasteiger partial charge in [-0.1, -0.05) is 12.2 Å². The molecule has 2 nitrogen and oxygen atoms in total. The number of hydrogen-bond acceptors (Lipinski definition) is 2. The van der Waals surface area contributed by atoms with E-state index in [2.05, 4.69) is 12.2 Å². The van der Waals surface area contributed by atoms with Crippen LogP contribution < -0.4 is 0 Å². The summed E-state index contributed by atoms with van der Waals surface area (Å²) < 4.78 is 5.39. The maximum Gasteiger partial charge on any atom is 0.0672 e. The molecular formula is C9H12O2. The summed E-state index contributed by atoms with van der Waals surface area (Å²) in [5, 5.41) is 9.72. The van der Waals surface area contributed by atoms with Crippen LogP contribution in [-0.2, 0) is 4.74 Å². The molecule has 1 saturated carbocycles. The summed E-state index contributed by atoms with van der Waals surface area (Å²) in [6.07, 6.45) is 4.25. The number of hydrogen-bond donors (Lipinski definition) is 1. The monoisotopic (exact) mass is 152 g/mol. The summed E-state index contributed by atoms with van der Waals surface area (Å²) in [7, 11) is 0. The minimum atomic E-state index is -0.0890. The van der Waals surface area contributed by atoms with Crippen molar-refractivity contribution in [2.24, 2.45) is 23.7 Å². The van der Waals surface area contributed by atoms with E-state index in [0.717, 1.165) is 13.2 Å². The van der Waals surface area contributed by atoms with Crippen molar-refractivity contribution in [2.45, 2.75) is 6.10 Å². The van der Waals surface area contributed by atoms with Gasteiger partial charge in [-0.15, -0.1) is 0 Å². The molecule has 3 aliphatic rings. The van der Waals surface area contributed by atoms with E-state index in [9.17, 15) is 5.11 Å². The zero-order valence-corrected chi connectivity index (χ0v) is 6.31. The lowest BCUT2D eigenvalue weighted by molar-refractivity contribution is 0.0884. The molecule has 1 saturated heterocycles. The average Bonchev–Trinajstić information content (AvgIpc) is 2.61. The number of ether oxygens (including phenoxy) is 1. The van der Waals surface area contributed by atoms with Crippen LogP contribution >= 0.6 is 0 Å². The van der Waals surface area contributed by atoms with Gasteiger partial charge in [0.25, 0.3) is 0 Å². The van der Waals surface area contributed by atoms with Gasteiger partial charge in [0, 0.05) is 11.8 Å². The quantitative estimate of drug-likeness (QED) is 0.510. The summed E-state index contributed by atoms with van der Waals surface area (Å²) in [6, 6.07) is 0. The van der Waals surface area contributed by atoms with Crippen molar-refractivity contribution in [1.29, 1.82) is 0 Å². The fourth-order valence-electron chi connectivity index (χ4n) is 2.91. The van der Waals surface area contributed by atoms with Gasteiger partial charge in [0.2, 0.25) is 0 Å². The van der Waals surface area contributed by atoms with E-state index in [1.165, 1.54) is 0 Å². The van der Waals surface area contributed by atoms with Gasteiger partial charge in [-0.3, -0.25) is 0 Å². The zero-order chi connectivity index (χ0) is 7.42. The van der Waals surface area contributed by atoms with Crippen LogP contribution in [0.3, 0.4) is 0 Å². The van der Waals surface area contributed by atoms with Gasteiger partial charge in [-0.2, -0.15) is 0 Å². The van der Waals surface area contributed by atoms with Crippen molar-refractivity contribution in [3.63, 3.8) is 0 Å². The van der Waals surface area contributed by atoms with Crippen LogP contribution in [0.25, 0.3) is 0 Å². The van der Waals surface area contributed by atoms with Crippen LogP contribution in [-0.4, -0.2) is 24.4 Å². The Morgan fingerprint density at radius 2 is 1.64 bits per heavy atom. The molecule has 11 heavy (non-hydrogen) atoms.